The van der Waals surface area contributed by atoms with Crippen LogP contribution < -0.4 is 0 Å². The minimum atomic E-state index is 0.0719. The van der Waals surface area contributed by atoms with E-state index < -0.39 is 0 Å². The predicted molar refractivity (Wildman–Crippen MR) is 68.6 cm³/mol. The van der Waals surface area contributed by atoms with E-state index in [1.54, 1.807) is 26.0 Å². The summed E-state index contributed by atoms with van der Waals surface area (Å²) in [7, 11) is 0. The molecule has 0 spiro atoms. The number of carbonyl (C=O) groups is 2. The molecule has 0 fully saturated rings. The summed E-state index contributed by atoms with van der Waals surface area (Å²) in [4.78, 5) is 21.7. The molecule has 1 rings (SSSR count). The lowest BCUT2D eigenvalue weighted by atomic mass is 10.1. The number of thioether (sulfide) groups is 1. The molecule has 0 aliphatic carbocycles. The summed E-state index contributed by atoms with van der Waals surface area (Å²) in [6, 6.07) is 7.40. The first-order valence-electron chi connectivity index (χ1n) is 5.00. The van der Waals surface area contributed by atoms with Crippen molar-refractivity contribution in [1.29, 1.82) is 0 Å². The highest BCUT2D eigenvalue weighted by Gasteiger charge is 1.96. The molecule has 0 bridgehead atoms. The van der Waals surface area contributed by atoms with Crippen molar-refractivity contribution >= 4 is 28.7 Å². The maximum absolute atomic E-state index is 11.0. The minimum Gasteiger partial charge on any atom is -0.295 e. The predicted octanol–water partition coefficient (Wildman–Crippen LogP) is 3.18. The van der Waals surface area contributed by atoms with Gasteiger partial charge in [0, 0.05) is 18.2 Å². The van der Waals surface area contributed by atoms with Crippen LogP contribution in [0.1, 0.15) is 29.8 Å². The van der Waals surface area contributed by atoms with Crippen molar-refractivity contribution < 1.29 is 9.59 Å². The zero-order valence-corrected chi connectivity index (χ0v) is 10.2. The van der Waals surface area contributed by atoms with E-state index in [0.29, 0.717) is 5.75 Å². The third-order valence-corrected chi connectivity index (χ3v) is 2.78. The number of hydrogen-bond acceptors (Lipinski definition) is 3. The van der Waals surface area contributed by atoms with Crippen molar-refractivity contribution in [2.24, 2.45) is 0 Å². The van der Waals surface area contributed by atoms with Gasteiger partial charge in [-0.3, -0.25) is 9.59 Å². The average molecular weight is 234 g/mol. The Bertz CT molecular complexity index is 404. The lowest BCUT2D eigenvalue weighted by Crippen LogP contribution is -1.90. The van der Waals surface area contributed by atoms with Crippen molar-refractivity contribution in [3.05, 3.63) is 41.5 Å². The average Bonchev–Trinajstić information content (AvgIpc) is 2.25. The molecule has 16 heavy (non-hydrogen) atoms. The lowest BCUT2D eigenvalue weighted by molar-refractivity contribution is -0.109. The highest BCUT2D eigenvalue weighted by atomic mass is 32.2. The first-order chi connectivity index (χ1) is 7.59. The van der Waals surface area contributed by atoms with Crippen LogP contribution in [0.3, 0.4) is 0 Å². The molecule has 0 saturated heterocycles. The van der Waals surface area contributed by atoms with Crippen LogP contribution >= 0.6 is 11.8 Å². The molecule has 0 atom stereocenters. The molecule has 1 aromatic carbocycles. The van der Waals surface area contributed by atoms with Crippen LogP contribution in [-0.2, 0) is 4.79 Å². The summed E-state index contributed by atoms with van der Waals surface area (Å²) < 4.78 is 0. The fourth-order valence-corrected chi connectivity index (χ4v) is 1.61. The van der Waals surface area contributed by atoms with E-state index in [0.717, 1.165) is 11.1 Å². The zero-order valence-electron chi connectivity index (χ0n) is 9.40. The van der Waals surface area contributed by atoms with E-state index in [1.807, 2.05) is 24.3 Å². The first-order valence-corrected chi connectivity index (χ1v) is 5.99. The van der Waals surface area contributed by atoms with E-state index in [2.05, 4.69) is 0 Å². The molecule has 2 nitrogen and oxygen atoms in total. The van der Waals surface area contributed by atoms with E-state index in [9.17, 15) is 9.59 Å². The summed E-state index contributed by atoms with van der Waals surface area (Å²) in [5, 5.41) is 0.122. The molecule has 0 N–H and O–H groups in total. The van der Waals surface area contributed by atoms with Crippen molar-refractivity contribution in [3.63, 3.8) is 0 Å². The smallest absolute Gasteiger partial charge is 0.186 e. The molecular weight excluding hydrogens is 220 g/mol. The van der Waals surface area contributed by atoms with Crippen LogP contribution in [0.25, 0.3) is 6.08 Å². The van der Waals surface area contributed by atoms with Crippen molar-refractivity contribution in [2.45, 2.75) is 13.8 Å². The Kier molecular flexibility index (Phi) is 4.99. The van der Waals surface area contributed by atoms with Crippen molar-refractivity contribution in [2.75, 3.05) is 5.75 Å². The van der Waals surface area contributed by atoms with Gasteiger partial charge in [-0.05, 0) is 12.5 Å². The zero-order chi connectivity index (χ0) is 12.0. The van der Waals surface area contributed by atoms with Gasteiger partial charge in [0.1, 0.15) is 0 Å². The van der Waals surface area contributed by atoms with Gasteiger partial charge in [-0.25, -0.2) is 0 Å². The van der Waals surface area contributed by atoms with Gasteiger partial charge in [0.25, 0.3) is 0 Å². The van der Waals surface area contributed by atoms with Crippen molar-refractivity contribution in [1.82, 2.24) is 0 Å². The van der Waals surface area contributed by atoms with Crippen LogP contribution in [0.4, 0.5) is 0 Å². The van der Waals surface area contributed by atoms with Crippen LogP contribution in [-0.4, -0.2) is 16.7 Å². The number of hydrogen-bond donors (Lipinski definition) is 0. The number of carbonyl (C=O) groups excluding carboxylic acids is 2. The van der Waals surface area contributed by atoms with E-state index in [4.69, 9.17) is 0 Å². The Balaban J connectivity index is 2.55. The molecule has 0 radical (unpaired) electrons. The number of Topliss-reactive ketones (excluding diaryl/α,β-unsaturated/α-hetero) is 1. The van der Waals surface area contributed by atoms with Crippen molar-refractivity contribution in [3.8, 4) is 0 Å². The molecule has 0 unspecified atom stereocenters. The normalized spacial score (nSPS) is 10.6. The van der Waals surface area contributed by atoms with E-state index >= 15 is 0 Å². The van der Waals surface area contributed by atoms with Crippen LogP contribution in [0, 0.1) is 0 Å². The third kappa shape index (κ3) is 4.45. The molecular formula is C13H14O2S. The number of benzene rings is 1. The highest BCUT2D eigenvalue weighted by Crippen LogP contribution is 2.08. The Morgan fingerprint density at radius 3 is 2.31 bits per heavy atom. The molecule has 0 amide bonds. The third-order valence-electron chi connectivity index (χ3n) is 2.01. The molecule has 0 aromatic heterocycles. The maximum atomic E-state index is 11.0. The van der Waals surface area contributed by atoms with E-state index in [1.165, 1.54) is 11.8 Å². The Hall–Kier alpha value is -1.35. The second kappa shape index (κ2) is 6.28. The number of ketones is 1. The number of rotatable bonds is 4. The van der Waals surface area contributed by atoms with Gasteiger partial charge in [0.05, 0.1) is 0 Å². The Morgan fingerprint density at radius 1 is 1.19 bits per heavy atom. The van der Waals surface area contributed by atoms with Gasteiger partial charge in [-0.2, -0.15) is 0 Å². The molecule has 1 aromatic rings. The molecule has 0 heterocycles. The highest BCUT2D eigenvalue weighted by molar-refractivity contribution is 8.13. The molecule has 84 valence electrons. The fourth-order valence-electron chi connectivity index (χ4n) is 1.18. The fraction of sp³-hybridized carbons (Fsp3) is 0.231. The summed E-state index contributed by atoms with van der Waals surface area (Å²) >= 11 is 1.28. The summed E-state index contributed by atoms with van der Waals surface area (Å²) in [6.45, 7) is 3.11. The molecule has 0 aliphatic rings. The molecule has 0 aliphatic heterocycles. The van der Waals surface area contributed by atoms with Gasteiger partial charge >= 0.3 is 0 Å². The second-order valence-electron chi connectivity index (χ2n) is 3.38. The SMILES string of the molecule is CC(=O)SCC=Cc1ccc(C(C)=O)cc1. The summed E-state index contributed by atoms with van der Waals surface area (Å²) in [5.74, 6) is 0.756. The van der Waals surface area contributed by atoms with Gasteiger partial charge in [0.15, 0.2) is 10.9 Å². The van der Waals surface area contributed by atoms with Gasteiger partial charge < -0.3 is 0 Å². The van der Waals surface area contributed by atoms with Gasteiger partial charge in [-0.15, -0.1) is 0 Å². The van der Waals surface area contributed by atoms with Crippen LogP contribution in [0.5, 0.6) is 0 Å². The van der Waals surface area contributed by atoms with Gasteiger partial charge in [0.2, 0.25) is 0 Å². The van der Waals surface area contributed by atoms with Crippen LogP contribution in [0.2, 0.25) is 0 Å². The summed E-state index contributed by atoms with van der Waals surface area (Å²) in [5.41, 5.74) is 1.75. The Labute approximate surface area is 99.7 Å². The Morgan fingerprint density at radius 2 is 1.81 bits per heavy atom. The first kappa shape index (κ1) is 12.7. The maximum Gasteiger partial charge on any atom is 0.186 e. The quantitative estimate of drug-likeness (QED) is 0.750. The largest absolute Gasteiger partial charge is 0.295 e. The topological polar surface area (TPSA) is 34.1 Å². The summed E-state index contributed by atoms with van der Waals surface area (Å²) in [6.07, 6.45) is 3.88. The van der Waals surface area contributed by atoms with E-state index in [-0.39, 0.29) is 10.9 Å². The monoisotopic (exact) mass is 234 g/mol. The standard InChI is InChI=1S/C13H14O2S/c1-10(14)13-7-5-12(6-8-13)4-3-9-16-11(2)15/h3-8H,9H2,1-2H3. The molecule has 3 heteroatoms. The second-order valence-corrected chi connectivity index (χ2v) is 4.58. The lowest BCUT2D eigenvalue weighted by Gasteiger charge is -1.96. The van der Waals surface area contributed by atoms with Crippen LogP contribution in [0.15, 0.2) is 30.3 Å². The molecule has 0 saturated carbocycles. The minimum absolute atomic E-state index is 0.0719. The van der Waals surface area contributed by atoms with Gasteiger partial charge in [-0.1, -0.05) is 48.2 Å².